The summed E-state index contributed by atoms with van der Waals surface area (Å²) in [6.45, 7) is 1.94. The molecule has 1 aromatic heterocycles. The van der Waals surface area contributed by atoms with Gasteiger partial charge in [-0.3, -0.25) is 9.78 Å². The molecule has 0 spiro atoms. The molecule has 0 aliphatic carbocycles. The van der Waals surface area contributed by atoms with Crippen LogP contribution in [0.2, 0.25) is 0 Å². The van der Waals surface area contributed by atoms with E-state index in [-0.39, 0.29) is 6.42 Å². The topological polar surface area (TPSA) is 50.2 Å². The fourth-order valence-electron chi connectivity index (χ4n) is 1.01. The summed E-state index contributed by atoms with van der Waals surface area (Å²) in [5.74, 6) is -0.767. The normalized spacial score (nSPS) is 9.75. The van der Waals surface area contributed by atoms with E-state index in [1.807, 2.05) is 13.0 Å². The van der Waals surface area contributed by atoms with Gasteiger partial charge in [0.05, 0.1) is 0 Å². The summed E-state index contributed by atoms with van der Waals surface area (Å²) >= 11 is 0. The number of pyridine rings is 1. The molecule has 64 valence electrons. The van der Waals surface area contributed by atoms with Crippen LogP contribution < -0.4 is 0 Å². The van der Waals surface area contributed by atoms with Crippen LogP contribution in [0.15, 0.2) is 18.5 Å². The molecule has 0 unspecified atom stereocenters. The van der Waals surface area contributed by atoms with Gasteiger partial charge < -0.3 is 5.11 Å². The molecule has 0 radical (unpaired) electrons. The van der Waals surface area contributed by atoms with Crippen LogP contribution in [-0.4, -0.2) is 16.1 Å². The molecule has 1 heterocycles. The van der Waals surface area contributed by atoms with E-state index in [4.69, 9.17) is 5.11 Å². The highest BCUT2D eigenvalue weighted by atomic mass is 16.4. The Bertz CT molecular complexity index is 284. The smallest absolute Gasteiger partial charge is 0.303 e. The predicted octanol–water partition coefficient (Wildman–Crippen LogP) is 1.41. The number of nitrogens with zero attached hydrogens (tertiary/aromatic N) is 1. The van der Waals surface area contributed by atoms with E-state index >= 15 is 0 Å². The second kappa shape index (κ2) is 3.85. The lowest BCUT2D eigenvalue weighted by molar-refractivity contribution is -0.136. The molecule has 0 fully saturated rings. The van der Waals surface area contributed by atoms with E-state index in [9.17, 15) is 4.79 Å². The number of carboxylic acids is 1. The number of carbonyl (C=O) groups is 1. The van der Waals surface area contributed by atoms with E-state index in [0.717, 1.165) is 11.1 Å². The van der Waals surface area contributed by atoms with Crippen LogP contribution in [-0.2, 0) is 11.2 Å². The average Bonchev–Trinajstić information content (AvgIpc) is 2.01. The molecule has 1 rings (SSSR count). The molecular formula is C9H11NO2. The van der Waals surface area contributed by atoms with E-state index in [1.54, 1.807) is 12.4 Å². The Morgan fingerprint density at radius 3 is 2.92 bits per heavy atom. The van der Waals surface area contributed by atoms with Crippen molar-refractivity contribution < 1.29 is 9.90 Å². The van der Waals surface area contributed by atoms with Crippen molar-refractivity contribution in [3.05, 3.63) is 29.6 Å². The molecule has 0 saturated heterocycles. The number of aryl methyl sites for hydroxylation is 2. The summed E-state index contributed by atoms with van der Waals surface area (Å²) < 4.78 is 0. The zero-order chi connectivity index (χ0) is 8.97. The zero-order valence-electron chi connectivity index (χ0n) is 6.95. The molecule has 12 heavy (non-hydrogen) atoms. The van der Waals surface area contributed by atoms with E-state index in [0.29, 0.717) is 6.42 Å². The Hall–Kier alpha value is -1.38. The fraction of sp³-hybridized carbons (Fsp3) is 0.333. The Labute approximate surface area is 71.1 Å². The van der Waals surface area contributed by atoms with Crippen LogP contribution in [0.25, 0.3) is 0 Å². The lowest BCUT2D eigenvalue weighted by Crippen LogP contribution is -1.97. The molecule has 0 bridgehead atoms. The Morgan fingerprint density at radius 2 is 2.33 bits per heavy atom. The van der Waals surface area contributed by atoms with Gasteiger partial charge in [-0.15, -0.1) is 0 Å². The second-order valence-corrected chi connectivity index (χ2v) is 2.76. The van der Waals surface area contributed by atoms with Gasteiger partial charge in [0.15, 0.2) is 0 Å². The average molecular weight is 165 g/mol. The van der Waals surface area contributed by atoms with Crippen molar-refractivity contribution in [3.63, 3.8) is 0 Å². The Kier molecular flexibility index (Phi) is 2.80. The Morgan fingerprint density at radius 1 is 1.58 bits per heavy atom. The van der Waals surface area contributed by atoms with E-state index < -0.39 is 5.97 Å². The standard InChI is InChI=1S/C9H11NO2/c1-7-4-8(6-10-5-7)2-3-9(11)12/h4-6H,2-3H2,1H3,(H,11,12). The number of aromatic nitrogens is 1. The first-order valence-electron chi connectivity index (χ1n) is 3.81. The first-order chi connectivity index (χ1) is 5.68. The zero-order valence-corrected chi connectivity index (χ0v) is 6.95. The quantitative estimate of drug-likeness (QED) is 0.736. The molecule has 0 aliphatic rings. The summed E-state index contributed by atoms with van der Waals surface area (Å²) in [6.07, 6.45) is 4.19. The van der Waals surface area contributed by atoms with Gasteiger partial charge in [0, 0.05) is 18.8 Å². The molecule has 0 aliphatic heterocycles. The molecule has 3 nitrogen and oxygen atoms in total. The largest absolute Gasteiger partial charge is 0.481 e. The minimum absolute atomic E-state index is 0.172. The van der Waals surface area contributed by atoms with Crippen molar-refractivity contribution in [2.24, 2.45) is 0 Å². The van der Waals surface area contributed by atoms with Crippen molar-refractivity contribution >= 4 is 5.97 Å². The van der Waals surface area contributed by atoms with Crippen molar-refractivity contribution in [1.29, 1.82) is 0 Å². The van der Waals surface area contributed by atoms with Crippen molar-refractivity contribution in [1.82, 2.24) is 4.98 Å². The molecule has 0 saturated carbocycles. The number of aliphatic carboxylic acids is 1. The molecule has 0 atom stereocenters. The van der Waals surface area contributed by atoms with Gasteiger partial charge >= 0.3 is 5.97 Å². The maximum atomic E-state index is 10.2. The Balaban J connectivity index is 2.57. The van der Waals surface area contributed by atoms with E-state index in [2.05, 4.69) is 4.98 Å². The number of hydrogen-bond acceptors (Lipinski definition) is 2. The van der Waals surface area contributed by atoms with Crippen molar-refractivity contribution in [3.8, 4) is 0 Å². The number of rotatable bonds is 3. The van der Waals surface area contributed by atoms with Gasteiger partial charge in [-0.25, -0.2) is 0 Å². The maximum absolute atomic E-state index is 10.2. The molecule has 1 aromatic rings. The van der Waals surface area contributed by atoms with Crippen LogP contribution in [0.3, 0.4) is 0 Å². The van der Waals surface area contributed by atoms with Crippen LogP contribution in [0, 0.1) is 6.92 Å². The third kappa shape index (κ3) is 2.70. The van der Waals surface area contributed by atoms with Crippen molar-refractivity contribution in [2.45, 2.75) is 19.8 Å². The van der Waals surface area contributed by atoms with Crippen LogP contribution >= 0.6 is 0 Å². The monoisotopic (exact) mass is 165 g/mol. The van der Waals surface area contributed by atoms with Gasteiger partial charge in [0.1, 0.15) is 0 Å². The summed E-state index contributed by atoms with van der Waals surface area (Å²) in [4.78, 5) is 14.2. The first kappa shape index (κ1) is 8.71. The summed E-state index contributed by atoms with van der Waals surface area (Å²) in [6, 6.07) is 1.95. The van der Waals surface area contributed by atoms with Gasteiger partial charge in [-0.2, -0.15) is 0 Å². The van der Waals surface area contributed by atoms with Crippen LogP contribution in [0.4, 0.5) is 0 Å². The van der Waals surface area contributed by atoms with Crippen molar-refractivity contribution in [2.75, 3.05) is 0 Å². The minimum Gasteiger partial charge on any atom is -0.481 e. The van der Waals surface area contributed by atoms with Crippen LogP contribution in [0.1, 0.15) is 17.5 Å². The summed E-state index contributed by atoms with van der Waals surface area (Å²) in [7, 11) is 0. The molecule has 3 heteroatoms. The molecule has 0 aromatic carbocycles. The third-order valence-electron chi connectivity index (χ3n) is 1.56. The lowest BCUT2D eigenvalue weighted by atomic mass is 10.1. The predicted molar refractivity (Wildman–Crippen MR) is 44.9 cm³/mol. The van der Waals surface area contributed by atoms with Crippen LogP contribution in [0.5, 0.6) is 0 Å². The third-order valence-corrected chi connectivity index (χ3v) is 1.56. The SMILES string of the molecule is Cc1cncc(CCC(=O)O)c1. The lowest BCUT2D eigenvalue weighted by Gasteiger charge is -1.98. The minimum atomic E-state index is -0.767. The molecular weight excluding hydrogens is 154 g/mol. The summed E-state index contributed by atoms with van der Waals surface area (Å²) in [5, 5.41) is 8.42. The molecule has 1 N–H and O–H groups in total. The second-order valence-electron chi connectivity index (χ2n) is 2.76. The highest BCUT2D eigenvalue weighted by molar-refractivity contribution is 5.67. The van der Waals surface area contributed by atoms with Gasteiger partial charge in [0.2, 0.25) is 0 Å². The highest BCUT2D eigenvalue weighted by Crippen LogP contribution is 2.03. The molecule has 0 amide bonds. The summed E-state index contributed by atoms with van der Waals surface area (Å²) in [5.41, 5.74) is 2.05. The number of hydrogen-bond donors (Lipinski definition) is 1. The van der Waals surface area contributed by atoms with Gasteiger partial charge in [-0.05, 0) is 24.5 Å². The fourth-order valence-corrected chi connectivity index (χ4v) is 1.01. The van der Waals surface area contributed by atoms with E-state index in [1.165, 1.54) is 0 Å². The number of carboxylic acid groups (broad SMARTS) is 1. The first-order valence-corrected chi connectivity index (χ1v) is 3.81. The van der Waals surface area contributed by atoms with Gasteiger partial charge in [-0.1, -0.05) is 6.07 Å². The maximum Gasteiger partial charge on any atom is 0.303 e. The highest BCUT2D eigenvalue weighted by Gasteiger charge is 1.98. The van der Waals surface area contributed by atoms with Gasteiger partial charge in [0.25, 0.3) is 0 Å².